The minimum atomic E-state index is -0.191. The molecule has 0 radical (unpaired) electrons. The second-order valence-electron chi connectivity index (χ2n) is 12.6. The molecule has 33 heavy (non-hydrogen) atoms. The van der Waals surface area contributed by atoms with E-state index in [0.717, 1.165) is 61.7 Å². The molecule has 0 saturated heterocycles. The zero-order valence-corrected chi connectivity index (χ0v) is 22.8. The first-order valence-electron chi connectivity index (χ1n) is 12.8. The molecule has 3 heteroatoms. The third kappa shape index (κ3) is 9.94. The maximum atomic E-state index is 11.8. The molecule has 0 aromatic heterocycles. The van der Waals surface area contributed by atoms with Crippen molar-refractivity contribution in [1.82, 2.24) is 0 Å². The number of Topliss-reactive ketones (excluding diaryl/α,β-unsaturated/α-hetero) is 3. The number of allylic oxidation sites excluding steroid dienone is 6. The van der Waals surface area contributed by atoms with E-state index in [1.54, 1.807) is 0 Å². The van der Waals surface area contributed by atoms with Crippen LogP contribution >= 0.6 is 0 Å². The zero-order valence-electron chi connectivity index (χ0n) is 22.8. The lowest BCUT2D eigenvalue weighted by atomic mass is 9.81. The molecule has 0 atom stereocenters. The van der Waals surface area contributed by atoms with E-state index < -0.39 is 0 Å². The van der Waals surface area contributed by atoms with Gasteiger partial charge in [-0.05, 0) is 74.5 Å². The Balaban J connectivity index is 0.000000249. The van der Waals surface area contributed by atoms with Crippen molar-refractivity contribution in [2.24, 2.45) is 16.2 Å². The van der Waals surface area contributed by atoms with Crippen LogP contribution in [0.4, 0.5) is 0 Å². The highest BCUT2D eigenvalue weighted by Crippen LogP contribution is 2.29. The molecule has 3 rings (SSSR count). The van der Waals surface area contributed by atoms with Crippen molar-refractivity contribution < 1.29 is 14.4 Å². The van der Waals surface area contributed by atoms with E-state index in [-0.39, 0.29) is 16.2 Å². The summed E-state index contributed by atoms with van der Waals surface area (Å²) < 4.78 is 0. The minimum Gasteiger partial charge on any atom is -0.294 e. The summed E-state index contributed by atoms with van der Waals surface area (Å²) in [7, 11) is 0. The van der Waals surface area contributed by atoms with Gasteiger partial charge in [0, 0.05) is 16.2 Å². The number of carbonyl (C=O) groups is 3. The quantitative estimate of drug-likeness (QED) is 0.430. The highest BCUT2D eigenvalue weighted by Gasteiger charge is 2.27. The van der Waals surface area contributed by atoms with E-state index in [0.29, 0.717) is 17.3 Å². The van der Waals surface area contributed by atoms with Gasteiger partial charge in [0.2, 0.25) is 0 Å². The van der Waals surface area contributed by atoms with Crippen molar-refractivity contribution in [3.8, 4) is 0 Å². The van der Waals surface area contributed by atoms with Gasteiger partial charge in [0.05, 0.1) is 0 Å². The third-order valence-corrected chi connectivity index (χ3v) is 6.05. The summed E-state index contributed by atoms with van der Waals surface area (Å²) in [6.07, 6.45) is 16.1. The second kappa shape index (κ2) is 12.1. The summed E-state index contributed by atoms with van der Waals surface area (Å²) in [5.74, 6) is 0.982. The van der Waals surface area contributed by atoms with E-state index >= 15 is 0 Å². The first-order valence-corrected chi connectivity index (χ1v) is 12.8. The summed E-state index contributed by atoms with van der Waals surface area (Å²) in [5, 5.41) is 0. The van der Waals surface area contributed by atoms with Gasteiger partial charge in [-0.2, -0.15) is 0 Å². The van der Waals surface area contributed by atoms with Crippen LogP contribution in [0, 0.1) is 16.2 Å². The van der Waals surface area contributed by atoms with Crippen LogP contribution in [-0.2, 0) is 14.4 Å². The smallest absolute Gasteiger partial charge is 0.163 e. The second-order valence-corrected chi connectivity index (χ2v) is 12.6. The average Bonchev–Trinajstić information content (AvgIpc) is 3.19. The van der Waals surface area contributed by atoms with Gasteiger partial charge in [-0.3, -0.25) is 14.4 Å². The van der Waals surface area contributed by atoms with Crippen molar-refractivity contribution in [3.05, 3.63) is 34.9 Å². The third-order valence-electron chi connectivity index (χ3n) is 6.05. The summed E-state index contributed by atoms with van der Waals surface area (Å²) >= 11 is 0. The lowest BCUT2D eigenvalue weighted by Crippen LogP contribution is -2.24. The highest BCUT2D eigenvalue weighted by molar-refractivity contribution is 6.00. The van der Waals surface area contributed by atoms with Crippen LogP contribution in [0.1, 0.15) is 120 Å². The Kier molecular flexibility index (Phi) is 10.7. The molecule has 0 aromatic rings. The number of carbonyl (C=O) groups excluding carboxylic acids is 3. The van der Waals surface area contributed by atoms with E-state index in [1.807, 2.05) is 68.4 Å². The monoisotopic (exact) mass is 456 g/mol. The average molecular weight is 457 g/mol. The van der Waals surface area contributed by atoms with Gasteiger partial charge in [0.1, 0.15) is 0 Å². The van der Waals surface area contributed by atoms with Gasteiger partial charge >= 0.3 is 0 Å². The number of hydrogen-bond acceptors (Lipinski definition) is 3. The maximum absolute atomic E-state index is 11.8. The maximum Gasteiger partial charge on any atom is 0.163 e. The Morgan fingerprint density at radius 3 is 1.00 bits per heavy atom. The van der Waals surface area contributed by atoms with Crippen molar-refractivity contribution in [2.45, 2.75) is 120 Å². The topological polar surface area (TPSA) is 51.2 Å². The van der Waals surface area contributed by atoms with Crippen LogP contribution in [0.3, 0.4) is 0 Å². The van der Waals surface area contributed by atoms with E-state index in [9.17, 15) is 14.4 Å². The molecule has 0 heterocycles. The fourth-order valence-corrected chi connectivity index (χ4v) is 3.86. The van der Waals surface area contributed by atoms with Crippen molar-refractivity contribution in [1.29, 1.82) is 0 Å². The van der Waals surface area contributed by atoms with Crippen LogP contribution < -0.4 is 0 Å². The molecule has 3 nitrogen and oxygen atoms in total. The molecule has 3 aliphatic rings. The fraction of sp³-hybridized carbons (Fsp3) is 0.700. The molecule has 0 bridgehead atoms. The molecule has 3 aliphatic carbocycles. The molecule has 0 amide bonds. The van der Waals surface area contributed by atoms with Gasteiger partial charge < -0.3 is 0 Å². The van der Waals surface area contributed by atoms with Crippen molar-refractivity contribution >= 4 is 17.3 Å². The van der Waals surface area contributed by atoms with Crippen LogP contribution in [0.2, 0.25) is 0 Å². The van der Waals surface area contributed by atoms with Crippen molar-refractivity contribution in [3.63, 3.8) is 0 Å². The first-order chi connectivity index (χ1) is 15.0. The standard InChI is InChI=1S/C11H18O.C10H16O.C9H14O/c1-11(2,3)10(12)9-7-5-4-6-8-9;1-10(2,3)9(11)8-6-4-5-7-8;1-9(2,3)8(10)7-5-4-6-7/h7H,4-6,8H2,1-3H3;6H,4-5,7H2,1-3H3;5H,4,6H2,1-3H3. The number of rotatable bonds is 3. The van der Waals surface area contributed by atoms with Gasteiger partial charge in [-0.1, -0.05) is 80.5 Å². The summed E-state index contributed by atoms with van der Waals surface area (Å²) in [5.41, 5.74) is 2.60. The Bertz CT molecular complexity index is 799. The molecule has 186 valence electrons. The lowest BCUT2D eigenvalue weighted by Gasteiger charge is -2.22. The van der Waals surface area contributed by atoms with Crippen molar-refractivity contribution in [2.75, 3.05) is 0 Å². The minimum absolute atomic E-state index is 0.174. The Hall–Kier alpha value is -1.77. The van der Waals surface area contributed by atoms with E-state index in [1.165, 1.54) is 12.8 Å². The molecule has 0 aromatic carbocycles. The molecular weight excluding hydrogens is 408 g/mol. The van der Waals surface area contributed by atoms with Crippen LogP contribution in [-0.4, -0.2) is 17.3 Å². The normalized spacial score (nSPS) is 18.3. The molecule has 0 aliphatic heterocycles. The molecule has 0 N–H and O–H groups in total. The van der Waals surface area contributed by atoms with Gasteiger partial charge in [0.25, 0.3) is 0 Å². The molecular formula is C30H48O3. The molecule has 0 spiro atoms. The van der Waals surface area contributed by atoms with Gasteiger partial charge in [-0.25, -0.2) is 0 Å². The van der Waals surface area contributed by atoms with Crippen LogP contribution in [0.15, 0.2) is 34.9 Å². The number of ketones is 3. The SMILES string of the molecule is CC(C)(C)C(=O)C1=CCC1.CC(C)(C)C(=O)C1=CCCC1.CC(C)(C)C(=O)C1=CCCCC1. The lowest BCUT2D eigenvalue weighted by molar-refractivity contribution is -0.123. The predicted octanol–water partition coefficient (Wildman–Crippen LogP) is 8.14. The molecule has 0 fully saturated rings. The Morgan fingerprint density at radius 1 is 0.485 bits per heavy atom. The van der Waals surface area contributed by atoms with Crippen LogP contribution in [0.25, 0.3) is 0 Å². The fourth-order valence-electron chi connectivity index (χ4n) is 3.86. The Morgan fingerprint density at radius 2 is 0.818 bits per heavy atom. The number of hydrogen-bond donors (Lipinski definition) is 0. The highest BCUT2D eigenvalue weighted by atomic mass is 16.1. The van der Waals surface area contributed by atoms with E-state index in [2.05, 4.69) is 12.2 Å². The summed E-state index contributed by atoms with van der Waals surface area (Å²) in [6.45, 7) is 17.8. The van der Waals surface area contributed by atoms with Gasteiger partial charge in [-0.15, -0.1) is 0 Å². The largest absolute Gasteiger partial charge is 0.294 e. The van der Waals surface area contributed by atoms with Gasteiger partial charge in [0.15, 0.2) is 17.3 Å². The van der Waals surface area contributed by atoms with E-state index in [4.69, 9.17) is 0 Å². The molecule has 0 saturated carbocycles. The molecule has 0 unspecified atom stereocenters. The Labute approximate surface area is 203 Å². The zero-order chi connectivity index (χ0) is 25.4. The first kappa shape index (κ1) is 29.3. The van der Waals surface area contributed by atoms with Crippen LogP contribution in [0.5, 0.6) is 0 Å². The predicted molar refractivity (Wildman–Crippen MR) is 139 cm³/mol. The summed E-state index contributed by atoms with van der Waals surface area (Å²) in [6, 6.07) is 0. The summed E-state index contributed by atoms with van der Waals surface area (Å²) in [4.78, 5) is 34.7.